The highest BCUT2D eigenvalue weighted by Crippen LogP contribution is 2.35. The molecule has 0 aromatic carbocycles. The van der Waals surface area contributed by atoms with Crippen molar-refractivity contribution < 1.29 is 18.7 Å². The number of aromatic nitrogens is 3. The first-order valence-electron chi connectivity index (χ1n) is 17.3. The first kappa shape index (κ1) is 33.6. The summed E-state index contributed by atoms with van der Waals surface area (Å²) in [5, 5.41) is 3.16. The number of halogens is 1. The van der Waals surface area contributed by atoms with Crippen LogP contribution in [0.3, 0.4) is 0 Å². The molecular weight excluding hydrogens is 639 g/mol. The lowest BCUT2D eigenvalue weighted by molar-refractivity contribution is -0.104. The average Bonchev–Trinajstić information content (AvgIpc) is 3.39. The summed E-state index contributed by atoms with van der Waals surface area (Å²) in [6.45, 7) is 12.7. The van der Waals surface area contributed by atoms with Crippen LogP contribution in [0.15, 0.2) is 57.8 Å². The number of nitrogens with one attached hydrogen (secondary N) is 1. The molecule has 262 valence electrons. The molecule has 12 nitrogen and oxygen atoms in total. The highest BCUT2D eigenvalue weighted by Gasteiger charge is 2.37. The zero-order valence-electron chi connectivity index (χ0n) is 28.8. The smallest absolute Gasteiger partial charge is 0.279 e. The van der Waals surface area contributed by atoms with Crippen molar-refractivity contribution in [3.63, 3.8) is 0 Å². The van der Waals surface area contributed by atoms with Crippen LogP contribution in [0.4, 0.5) is 21.6 Å². The van der Waals surface area contributed by atoms with E-state index in [1.165, 1.54) is 9.47 Å². The first-order valence-corrected chi connectivity index (χ1v) is 17.3. The Balaban J connectivity index is 1.14. The second-order valence-corrected chi connectivity index (χ2v) is 13.4. The van der Waals surface area contributed by atoms with Crippen LogP contribution >= 0.6 is 0 Å². The summed E-state index contributed by atoms with van der Waals surface area (Å²) in [4.78, 5) is 54.8. The largest absolute Gasteiger partial charge is 0.378 e. The Bertz CT molecular complexity index is 1960. The van der Waals surface area contributed by atoms with Crippen LogP contribution in [0.1, 0.15) is 54.0 Å². The average molecular weight is 683 g/mol. The number of rotatable bonds is 9. The van der Waals surface area contributed by atoms with Crippen LogP contribution < -0.4 is 15.8 Å². The number of piperazine rings is 1. The van der Waals surface area contributed by atoms with Crippen molar-refractivity contribution in [2.75, 3.05) is 49.6 Å². The lowest BCUT2D eigenvalue weighted by Crippen LogP contribution is -2.59. The lowest BCUT2D eigenvalue weighted by Gasteiger charge is -2.46. The number of anilines is 3. The minimum atomic E-state index is -0.554. The summed E-state index contributed by atoms with van der Waals surface area (Å²) in [6, 6.07) is 6.33. The van der Waals surface area contributed by atoms with Crippen LogP contribution in [-0.4, -0.2) is 94.3 Å². The summed E-state index contributed by atoms with van der Waals surface area (Å²) < 4.78 is 24.2. The molecule has 3 aliphatic heterocycles. The standard InChI is InChI=1S/C37H43FN8O4/c1-5-27(29(20-47)35(39-3)46-15-14-45-31-9-7-6-8-28(31)33(38)34(45)37(46)49)24-16-30(36(48)42(4)19-24)41-32-11-10-25(17-40-32)44-13-12-43(18-23(44)2)26-21-50-22-26/h5,10-11,16-17,19-20,23,26H,3,6-9,12-15,18,21-22H2,1-2,4H3,(H,40,41)/b27-5-,35-29+/t23-/m0/s1. The molecule has 1 aliphatic carbocycles. The van der Waals surface area contributed by atoms with E-state index in [1.54, 1.807) is 36.9 Å². The maximum atomic E-state index is 15.6. The molecule has 13 heteroatoms. The predicted molar refractivity (Wildman–Crippen MR) is 191 cm³/mol. The van der Waals surface area contributed by atoms with E-state index in [-0.39, 0.29) is 34.9 Å². The fourth-order valence-corrected chi connectivity index (χ4v) is 7.79. The first-order chi connectivity index (χ1) is 24.2. The van der Waals surface area contributed by atoms with Crippen LogP contribution in [0.25, 0.3) is 5.57 Å². The molecule has 1 amide bonds. The van der Waals surface area contributed by atoms with Gasteiger partial charge in [0.1, 0.15) is 23.0 Å². The van der Waals surface area contributed by atoms with Gasteiger partial charge in [-0.2, -0.15) is 0 Å². The molecule has 0 saturated carbocycles. The van der Waals surface area contributed by atoms with E-state index in [1.807, 2.05) is 18.3 Å². The van der Waals surface area contributed by atoms with E-state index in [4.69, 9.17) is 4.74 Å². The quantitative estimate of drug-likeness (QED) is 0.156. The monoisotopic (exact) mass is 682 g/mol. The number of amides is 1. The van der Waals surface area contributed by atoms with Gasteiger partial charge in [-0.05, 0) is 70.0 Å². The highest BCUT2D eigenvalue weighted by atomic mass is 19.1. The van der Waals surface area contributed by atoms with Crippen molar-refractivity contribution in [3.8, 4) is 0 Å². The molecule has 0 bridgehead atoms. The number of allylic oxidation sites excluding steroid dienone is 3. The molecule has 0 spiro atoms. The van der Waals surface area contributed by atoms with Crippen molar-refractivity contribution in [1.82, 2.24) is 23.9 Å². The number of aldehydes is 1. The molecule has 0 unspecified atom stereocenters. The summed E-state index contributed by atoms with van der Waals surface area (Å²) in [5.74, 6) is -0.501. The number of aryl methyl sites for hydroxylation is 1. The van der Waals surface area contributed by atoms with Crippen molar-refractivity contribution in [3.05, 3.63) is 86.7 Å². The topological polar surface area (TPSA) is 117 Å². The fraction of sp³-hybridized carbons (Fsp3) is 0.432. The number of ether oxygens (including phenoxy) is 1. The van der Waals surface area contributed by atoms with Gasteiger partial charge in [-0.3, -0.25) is 24.2 Å². The van der Waals surface area contributed by atoms with E-state index < -0.39 is 11.7 Å². The van der Waals surface area contributed by atoms with Gasteiger partial charge in [0.05, 0.1) is 36.7 Å². The number of hydrogen-bond donors (Lipinski definition) is 1. The van der Waals surface area contributed by atoms with Gasteiger partial charge in [0.15, 0.2) is 12.1 Å². The van der Waals surface area contributed by atoms with Gasteiger partial charge >= 0.3 is 0 Å². The Morgan fingerprint density at radius 2 is 1.94 bits per heavy atom. The van der Waals surface area contributed by atoms with Gasteiger partial charge < -0.3 is 24.1 Å². The van der Waals surface area contributed by atoms with Gasteiger partial charge in [-0.15, -0.1) is 0 Å². The predicted octanol–water partition coefficient (Wildman–Crippen LogP) is 3.92. The van der Waals surface area contributed by atoms with Gasteiger partial charge in [0.25, 0.3) is 11.5 Å². The summed E-state index contributed by atoms with van der Waals surface area (Å²) in [6.07, 6.45) is 8.97. The number of nitrogens with zero attached hydrogens (tertiary/aromatic N) is 7. The minimum absolute atomic E-state index is 0.00387. The molecule has 3 aromatic rings. The number of carbonyl (C=O) groups is 2. The third-order valence-corrected chi connectivity index (χ3v) is 10.5. The highest BCUT2D eigenvalue weighted by molar-refractivity contribution is 6.02. The molecule has 1 N–H and O–H groups in total. The Morgan fingerprint density at radius 3 is 2.60 bits per heavy atom. The van der Waals surface area contributed by atoms with Gasteiger partial charge in [0, 0.05) is 68.8 Å². The third kappa shape index (κ3) is 5.87. The number of aliphatic imine (C=N–C) groups is 1. The summed E-state index contributed by atoms with van der Waals surface area (Å²) in [5.41, 5.74) is 3.57. The SMILES string of the molecule is C=N/C(=C(C=O)\C(=C/C)c1cc(Nc2ccc(N3CCN(C4COC4)C[C@@H]3C)cn2)c(=O)n(C)c1)N1CCn2c3c(c(F)c2C1=O)CCCC3. The van der Waals surface area contributed by atoms with E-state index in [9.17, 15) is 14.4 Å². The molecule has 0 radical (unpaired) electrons. The van der Waals surface area contributed by atoms with Crippen molar-refractivity contribution in [1.29, 1.82) is 0 Å². The second-order valence-electron chi connectivity index (χ2n) is 13.4. The Labute approximate surface area is 290 Å². The van der Waals surface area contributed by atoms with Crippen molar-refractivity contribution in [2.45, 2.75) is 58.2 Å². The Hall–Kier alpha value is -4.88. The molecule has 1 atom stereocenters. The molecule has 7 rings (SSSR count). The zero-order chi connectivity index (χ0) is 35.1. The van der Waals surface area contributed by atoms with Crippen LogP contribution in [0.2, 0.25) is 0 Å². The normalized spacial score (nSPS) is 20.5. The van der Waals surface area contributed by atoms with Gasteiger partial charge in [0.2, 0.25) is 0 Å². The molecule has 4 aliphatic rings. The van der Waals surface area contributed by atoms with Gasteiger partial charge in [-0.1, -0.05) is 6.08 Å². The van der Waals surface area contributed by atoms with Crippen molar-refractivity contribution in [2.24, 2.45) is 12.0 Å². The number of fused-ring (bicyclic) bond motifs is 3. The summed E-state index contributed by atoms with van der Waals surface area (Å²) >= 11 is 0. The molecule has 2 fully saturated rings. The molecular formula is C37H43FN8O4. The van der Waals surface area contributed by atoms with Gasteiger partial charge in [-0.25, -0.2) is 14.4 Å². The van der Waals surface area contributed by atoms with Crippen LogP contribution in [0, 0.1) is 5.82 Å². The van der Waals surface area contributed by atoms with Crippen LogP contribution in [-0.2, 0) is 36.0 Å². The number of hydrogen-bond acceptors (Lipinski definition) is 9. The molecule has 50 heavy (non-hydrogen) atoms. The van der Waals surface area contributed by atoms with Crippen molar-refractivity contribution >= 4 is 41.7 Å². The van der Waals surface area contributed by atoms with Crippen LogP contribution in [0.5, 0.6) is 0 Å². The Kier molecular flexibility index (Phi) is 9.27. The summed E-state index contributed by atoms with van der Waals surface area (Å²) in [7, 11) is 1.63. The maximum Gasteiger partial charge on any atom is 0.279 e. The fourth-order valence-electron chi connectivity index (χ4n) is 7.79. The lowest BCUT2D eigenvalue weighted by atomic mass is 9.97. The zero-order valence-corrected chi connectivity index (χ0v) is 28.8. The molecule has 6 heterocycles. The van der Waals surface area contributed by atoms with E-state index in [2.05, 4.69) is 38.7 Å². The molecule has 3 aromatic heterocycles. The van der Waals surface area contributed by atoms with E-state index >= 15 is 4.39 Å². The number of carbonyl (C=O) groups excluding carboxylic acids is 2. The third-order valence-electron chi connectivity index (χ3n) is 10.5. The number of pyridine rings is 2. The Morgan fingerprint density at radius 1 is 1.14 bits per heavy atom. The second kappa shape index (κ2) is 13.8. The van der Waals surface area contributed by atoms with E-state index in [0.29, 0.717) is 53.9 Å². The molecule has 2 saturated heterocycles. The maximum absolute atomic E-state index is 15.6. The van der Waals surface area contributed by atoms with E-state index in [0.717, 1.165) is 63.5 Å². The minimum Gasteiger partial charge on any atom is -0.378 e.